The molecule has 6 nitrogen and oxygen atoms in total. The summed E-state index contributed by atoms with van der Waals surface area (Å²) in [6.07, 6.45) is 11.8. The predicted molar refractivity (Wildman–Crippen MR) is 124 cm³/mol. The van der Waals surface area contributed by atoms with E-state index in [0.717, 1.165) is 28.2 Å². The van der Waals surface area contributed by atoms with Gasteiger partial charge in [0, 0.05) is 35.6 Å². The Labute approximate surface area is 182 Å². The fourth-order valence-corrected chi connectivity index (χ4v) is 3.38. The smallest absolute Gasteiger partial charge is 0.223 e. The maximum Gasteiger partial charge on any atom is 0.223 e. The van der Waals surface area contributed by atoms with Gasteiger partial charge in [0.15, 0.2) is 5.65 Å². The Hall–Kier alpha value is -2.57. The summed E-state index contributed by atoms with van der Waals surface area (Å²) >= 11 is 0. The number of aryl methyl sites for hydroxylation is 1. The third-order valence-electron chi connectivity index (χ3n) is 4.81. The first-order valence-electron chi connectivity index (χ1n) is 10.2. The highest BCUT2D eigenvalue weighted by atomic mass is 15.2. The summed E-state index contributed by atoms with van der Waals surface area (Å²) in [5.41, 5.74) is 4.27. The highest BCUT2D eigenvalue weighted by Gasteiger charge is 2.16. The molecule has 0 aromatic carbocycles. The number of aromatic nitrogens is 5. The van der Waals surface area contributed by atoms with Gasteiger partial charge in [-0.15, -0.1) is 5.11 Å². The van der Waals surface area contributed by atoms with E-state index >= 15 is 0 Å². The standard InChI is InChI=1S/C19H22N6.C2H3B3/c1-13(17-9-11-25-18(24-17)8-10-21-25)16-12-20-19(22-14(16)2)23-15-6-4-3-5-7-15;1-2(3,4)5/h8-12,15H,1,3-7H2,2H3,(H,20,22,23);1H3. The topological polar surface area (TPSA) is 68.0 Å². The molecule has 3 aromatic heterocycles. The van der Waals surface area contributed by atoms with Gasteiger partial charge in [-0.2, -0.15) is 5.10 Å². The van der Waals surface area contributed by atoms with Gasteiger partial charge in [0.2, 0.25) is 5.95 Å². The molecular weight excluding hydrogens is 369 g/mol. The molecule has 0 aliphatic heterocycles. The molecule has 30 heavy (non-hydrogen) atoms. The molecule has 3 heterocycles. The summed E-state index contributed by atoms with van der Waals surface area (Å²) < 4.78 is 1.73. The van der Waals surface area contributed by atoms with Gasteiger partial charge in [-0.3, -0.25) is 0 Å². The quantitative estimate of drug-likeness (QED) is 0.689. The number of fused-ring (bicyclic) bond motifs is 1. The van der Waals surface area contributed by atoms with Crippen LogP contribution in [-0.2, 0) is 0 Å². The summed E-state index contributed by atoms with van der Waals surface area (Å²) in [7, 11) is 14.7. The number of anilines is 1. The molecule has 0 spiro atoms. The molecular formula is C21H25B3N6. The van der Waals surface area contributed by atoms with E-state index in [4.69, 9.17) is 23.5 Å². The van der Waals surface area contributed by atoms with Crippen LogP contribution in [0.15, 0.2) is 37.3 Å². The minimum atomic E-state index is -1.00. The van der Waals surface area contributed by atoms with Gasteiger partial charge in [-0.1, -0.05) is 32.8 Å². The van der Waals surface area contributed by atoms with Crippen LogP contribution in [0.2, 0.25) is 5.11 Å². The first-order valence-corrected chi connectivity index (χ1v) is 10.2. The van der Waals surface area contributed by atoms with E-state index in [9.17, 15) is 0 Å². The van der Waals surface area contributed by atoms with E-state index in [1.54, 1.807) is 10.7 Å². The maximum absolute atomic E-state index is 4.91. The summed E-state index contributed by atoms with van der Waals surface area (Å²) in [5, 5.41) is 6.64. The van der Waals surface area contributed by atoms with E-state index in [2.05, 4.69) is 31.9 Å². The number of nitrogens with zero attached hydrogens (tertiary/aromatic N) is 5. The van der Waals surface area contributed by atoms with Crippen molar-refractivity contribution in [3.8, 4) is 0 Å². The van der Waals surface area contributed by atoms with Crippen LogP contribution < -0.4 is 5.32 Å². The monoisotopic (exact) mass is 394 g/mol. The lowest BCUT2D eigenvalue weighted by atomic mass is 9.44. The van der Waals surface area contributed by atoms with Gasteiger partial charge in [0.25, 0.3) is 0 Å². The second-order valence-electron chi connectivity index (χ2n) is 7.96. The van der Waals surface area contributed by atoms with Gasteiger partial charge in [-0.25, -0.2) is 19.5 Å². The van der Waals surface area contributed by atoms with E-state index in [1.165, 1.54) is 39.0 Å². The molecule has 1 fully saturated rings. The van der Waals surface area contributed by atoms with Gasteiger partial charge < -0.3 is 5.32 Å². The van der Waals surface area contributed by atoms with Crippen LogP contribution in [-0.4, -0.2) is 54.1 Å². The summed E-state index contributed by atoms with van der Waals surface area (Å²) in [6, 6.07) is 4.28. The Balaban J connectivity index is 0.000000461. The Morgan fingerprint density at radius 2 is 1.87 bits per heavy atom. The van der Waals surface area contributed by atoms with Crippen molar-refractivity contribution >= 4 is 40.7 Å². The lowest BCUT2D eigenvalue weighted by Crippen LogP contribution is -2.23. The van der Waals surface area contributed by atoms with Gasteiger partial charge >= 0.3 is 0 Å². The number of rotatable bonds is 4. The summed E-state index contributed by atoms with van der Waals surface area (Å²) in [4.78, 5) is 13.7. The minimum Gasteiger partial charge on any atom is -0.351 e. The van der Waals surface area contributed by atoms with Gasteiger partial charge in [0.05, 0.1) is 41.1 Å². The Morgan fingerprint density at radius 1 is 1.17 bits per heavy atom. The van der Waals surface area contributed by atoms with Gasteiger partial charge in [0.1, 0.15) is 0 Å². The van der Waals surface area contributed by atoms with Crippen molar-refractivity contribution in [3.63, 3.8) is 0 Å². The molecule has 0 saturated heterocycles. The molecule has 0 atom stereocenters. The van der Waals surface area contributed by atoms with E-state index in [0.29, 0.717) is 12.0 Å². The Bertz CT molecular complexity index is 999. The predicted octanol–water partition coefficient (Wildman–Crippen LogP) is 3.22. The van der Waals surface area contributed by atoms with Crippen LogP contribution in [0.3, 0.4) is 0 Å². The van der Waals surface area contributed by atoms with Crippen LogP contribution in [0.5, 0.6) is 0 Å². The molecule has 4 rings (SSSR count). The number of hydrogen-bond donors (Lipinski definition) is 1. The first-order chi connectivity index (χ1) is 14.2. The normalized spacial score (nSPS) is 14.7. The van der Waals surface area contributed by atoms with E-state index < -0.39 is 5.11 Å². The molecule has 0 amide bonds. The van der Waals surface area contributed by atoms with Crippen molar-refractivity contribution in [1.82, 2.24) is 24.6 Å². The van der Waals surface area contributed by atoms with Crippen LogP contribution in [0.1, 0.15) is 56.0 Å². The third kappa shape index (κ3) is 6.21. The van der Waals surface area contributed by atoms with Crippen molar-refractivity contribution in [2.45, 2.75) is 57.1 Å². The molecule has 6 radical (unpaired) electrons. The van der Waals surface area contributed by atoms with Crippen molar-refractivity contribution in [1.29, 1.82) is 0 Å². The molecule has 1 saturated carbocycles. The molecule has 148 valence electrons. The summed E-state index contributed by atoms with van der Waals surface area (Å²) in [6.45, 7) is 7.71. The third-order valence-corrected chi connectivity index (χ3v) is 4.81. The molecule has 1 N–H and O–H groups in total. The average molecular weight is 394 g/mol. The largest absolute Gasteiger partial charge is 0.351 e. The van der Waals surface area contributed by atoms with E-state index in [1.807, 2.05) is 31.5 Å². The highest BCUT2D eigenvalue weighted by Crippen LogP contribution is 2.24. The van der Waals surface area contributed by atoms with Crippen molar-refractivity contribution < 1.29 is 0 Å². The zero-order valence-corrected chi connectivity index (χ0v) is 17.7. The second kappa shape index (κ2) is 9.50. The molecule has 9 heteroatoms. The first kappa shape index (κ1) is 22.1. The number of nitrogens with one attached hydrogen (secondary N) is 1. The zero-order valence-electron chi connectivity index (χ0n) is 17.7. The lowest BCUT2D eigenvalue weighted by Gasteiger charge is -2.23. The molecule has 1 aliphatic rings. The zero-order chi connectivity index (χ0) is 21.7. The van der Waals surface area contributed by atoms with Crippen molar-refractivity contribution in [2.24, 2.45) is 0 Å². The van der Waals surface area contributed by atoms with Crippen LogP contribution in [0, 0.1) is 6.92 Å². The average Bonchev–Trinajstić information content (AvgIpc) is 3.15. The van der Waals surface area contributed by atoms with Gasteiger partial charge in [-0.05, 0) is 25.8 Å². The SMILES string of the molecule is C=C(c1ccn2nccc2n1)c1cnc(NC2CCCCC2)nc1C.[B]C([B])([B])C. The fraction of sp³-hybridized carbons (Fsp3) is 0.429. The fourth-order valence-electron chi connectivity index (χ4n) is 3.38. The van der Waals surface area contributed by atoms with Crippen LogP contribution >= 0.6 is 0 Å². The minimum absolute atomic E-state index is 0.494. The summed E-state index contributed by atoms with van der Waals surface area (Å²) in [5.74, 6) is 0.708. The molecule has 0 unspecified atom stereocenters. The maximum atomic E-state index is 4.91. The van der Waals surface area contributed by atoms with Crippen LogP contribution in [0.25, 0.3) is 11.2 Å². The van der Waals surface area contributed by atoms with Crippen molar-refractivity contribution in [3.05, 3.63) is 54.3 Å². The molecule has 3 aromatic rings. The lowest BCUT2D eigenvalue weighted by molar-refractivity contribution is 0.460. The second-order valence-corrected chi connectivity index (χ2v) is 7.96. The molecule has 1 aliphatic carbocycles. The highest BCUT2D eigenvalue weighted by molar-refractivity contribution is 6.58. The van der Waals surface area contributed by atoms with E-state index in [-0.39, 0.29) is 0 Å². The Morgan fingerprint density at radius 3 is 2.53 bits per heavy atom. The van der Waals surface area contributed by atoms with Crippen molar-refractivity contribution in [2.75, 3.05) is 5.32 Å². The Kier molecular flexibility index (Phi) is 7.00. The number of hydrogen-bond acceptors (Lipinski definition) is 5. The van der Waals surface area contributed by atoms with Crippen LogP contribution in [0.4, 0.5) is 5.95 Å². The molecule has 0 bridgehead atoms.